The summed E-state index contributed by atoms with van der Waals surface area (Å²) in [6, 6.07) is 4.03. The molecular weight excluding hydrogens is 254 g/mol. The number of carbonyl (C=O) groups excluding carboxylic acids is 1. The van der Waals surface area contributed by atoms with Gasteiger partial charge in [-0.15, -0.1) is 0 Å². The van der Waals surface area contributed by atoms with Gasteiger partial charge >= 0.3 is 0 Å². The van der Waals surface area contributed by atoms with E-state index < -0.39 is 0 Å². The summed E-state index contributed by atoms with van der Waals surface area (Å²) in [6.07, 6.45) is 0. The monoisotopic (exact) mass is 273 g/mol. The largest absolute Gasteiger partial charge is 0.338 e. The van der Waals surface area contributed by atoms with Crippen LogP contribution >= 0.6 is 0 Å². The Kier molecular flexibility index (Phi) is 3.40. The lowest BCUT2D eigenvalue weighted by Gasteiger charge is -2.27. The topological polar surface area (TPSA) is 63.1 Å². The van der Waals surface area contributed by atoms with Crippen LogP contribution in [0.3, 0.4) is 0 Å². The summed E-state index contributed by atoms with van der Waals surface area (Å²) in [4.78, 5) is 15.5. The number of hydrogen-bond donors (Lipinski definition) is 1. The van der Waals surface area contributed by atoms with E-state index in [-0.39, 0.29) is 12.5 Å². The Balaban J connectivity index is 1.78. The molecule has 1 aliphatic heterocycles. The lowest BCUT2D eigenvalue weighted by atomic mass is 10.1. The van der Waals surface area contributed by atoms with E-state index in [1.165, 1.54) is 15.9 Å². The predicted octanol–water partition coefficient (Wildman–Crippen LogP) is 0.480. The number of aromatic nitrogens is 3. The predicted molar refractivity (Wildman–Crippen MR) is 76.5 cm³/mol. The van der Waals surface area contributed by atoms with Crippen LogP contribution in [0, 0.1) is 13.8 Å². The smallest absolute Gasteiger partial charge is 0.246 e. The van der Waals surface area contributed by atoms with Crippen molar-refractivity contribution in [2.24, 2.45) is 0 Å². The molecule has 6 nitrogen and oxygen atoms in total. The highest BCUT2D eigenvalue weighted by atomic mass is 16.2. The summed E-state index contributed by atoms with van der Waals surface area (Å²) in [5.41, 5.74) is 4.08. The minimum Gasteiger partial charge on any atom is -0.338 e. The number of nitrogens with one attached hydrogen (secondary N) is 1. The van der Waals surface area contributed by atoms with E-state index in [4.69, 9.17) is 0 Å². The number of hydrogen-bond acceptors (Lipinski definition) is 4. The molecule has 0 bridgehead atoms. The van der Waals surface area contributed by atoms with Gasteiger partial charge in [0.15, 0.2) is 0 Å². The fourth-order valence-corrected chi connectivity index (χ4v) is 2.42. The van der Waals surface area contributed by atoms with E-state index in [9.17, 15) is 4.79 Å². The maximum absolute atomic E-state index is 12.2. The van der Waals surface area contributed by atoms with Crippen LogP contribution in [0.5, 0.6) is 0 Å². The third-order valence-electron chi connectivity index (χ3n) is 3.78. The Morgan fingerprint density at radius 3 is 2.25 bits per heavy atom. The van der Waals surface area contributed by atoms with E-state index in [2.05, 4.69) is 29.4 Å². The van der Waals surface area contributed by atoms with E-state index >= 15 is 0 Å². The molecule has 6 heteroatoms. The highest BCUT2D eigenvalue weighted by Crippen LogP contribution is 2.15. The van der Waals surface area contributed by atoms with Crippen LogP contribution in [0.2, 0.25) is 0 Å². The normalized spacial score (nSPS) is 15.8. The molecule has 1 saturated heterocycles. The second-order valence-electron chi connectivity index (χ2n) is 5.29. The fourth-order valence-electron chi connectivity index (χ4n) is 2.42. The minimum atomic E-state index is 0.0836. The highest BCUT2D eigenvalue weighted by Gasteiger charge is 2.17. The molecule has 0 spiro atoms. The van der Waals surface area contributed by atoms with Gasteiger partial charge < -0.3 is 10.2 Å². The average molecular weight is 273 g/mol. The van der Waals surface area contributed by atoms with Gasteiger partial charge in [-0.2, -0.15) is 15.0 Å². The quantitative estimate of drug-likeness (QED) is 0.864. The van der Waals surface area contributed by atoms with Crippen LogP contribution in [0.4, 0.5) is 0 Å². The van der Waals surface area contributed by atoms with Crippen molar-refractivity contribution in [3.05, 3.63) is 23.3 Å². The summed E-state index contributed by atoms with van der Waals surface area (Å²) >= 11 is 0. The van der Waals surface area contributed by atoms with Crippen molar-refractivity contribution in [1.82, 2.24) is 25.2 Å². The summed E-state index contributed by atoms with van der Waals surface area (Å²) in [5, 5.41) is 12.0. The molecule has 1 N–H and O–H groups in total. The van der Waals surface area contributed by atoms with Crippen LogP contribution in [0.1, 0.15) is 11.1 Å². The van der Waals surface area contributed by atoms with Crippen molar-refractivity contribution in [1.29, 1.82) is 0 Å². The Hall–Kier alpha value is -1.95. The summed E-state index contributed by atoms with van der Waals surface area (Å²) in [7, 11) is 0. The number of amides is 1. The molecule has 20 heavy (non-hydrogen) atoms. The lowest BCUT2D eigenvalue weighted by Crippen LogP contribution is -2.47. The van der Waals surface area contributed by atoms with E-state index in [0.717, 1.165) is 37.2 Å². The number of fused-ring (bicyclic) bond motifs is 1. The molecule has 0 radical (unpaired) electrons. The van der Waals surface area contributed by atoms with Crippen LogP contribution in [-0.4, -0.2) is 52.0 Å². The van der Waals surface area contributed by atoms with E-state index in [1.807, 2.05) is 17.0 Å². The molecule has 3 rings (SSSR count). The third-order valence-corrected chi connectivity index (χ3v) is 3.78. The number of rotatable bonds is 2. The van der Waals surface area contributed by atoms with Crippen LogP contribution in [-0.2, 0) is 11.3 Å². The van der Waals surface area contributed by atoms with Gasteiger partial charge in [-0.1, -0.05) is 0 Å². The zero-order valence-corrected chi connectivity index (χ0v) is 11.9. The Morgan fingerprint density at radius 2 is 1.70 bits per heavy atom. The second kappa shape index (κ2) is 5.20. The van der Waals surface area contributed by atoms with E-state index in [0.29, 0.717) is 0 Å². The highest BCUT2D eigenvalue weighted by molar-refractivity contribution is 5.78. The van der Waals surface area contributed by atoms with Crippen LogP contribution in [0.15, 0.2) is 12.1 Å². The zero-order chi connectivity index (χ0) is 14.1. The number of piperazine rings is 1. The van der Waals surface area contributed by atoms with Gasteiger partial charge in [0.2, 0.25) is 5.91 Å². The van der Waals surface area contributed by atoms with Gasteiger partial charge in [-0.25, -0.2) is 0 Å². The Labute approximate surface area is 117 Å². The molecule has 0 aliphatic carbocycles. The number of nitrogens with zero attached hydrogens (tertiary/aromatic N) is 4. The minimum absolute atomic E-state index is 0.0836. The standard InChI is InChI=1S/C14H19N5O/c1-10-7-12-13(8-11(10)2)17-19(16-12)9-14(20)18-5-3-15-4-6-18/h7-8,15H,3-6,9H2,1-2H3. The average Bonchev–Trinajstić information content (AvgIpc) is 2.81. The molecule has 1 aliphatic rings. The van der Waals surface area contributed by atoms with Crippen LogP contribution in [0.25, 0.3) is 11.0 Å². The number of carbonyl (C=O) groups is 1. The first-order chi connectivity index (χ1) is 9.63. The maximum atomic E-state index is 12.2. The number of aryl methyl sites for hydroxylation is 2. The van der Waals surface area contributed by atoms with Crippen molar-refractivity contribution < 1.29 is 4.79 Å². The lowest BCUT2D eigenvalue weighted by molar-refractivity contribution is -0.132. The second-order valence-corrected chi connectivity index (χ2v) is 5.29. The first-order valence-corrected chi connectivity index (χ1v) is 6.94. The Morgan fingerprint density at radius 1 is 1.15 bits per heavy atom. The molecule has 1 aromatic heterocycles. The van der Waals surface area contributed by atoms with Crippen molar-refractivity contribution in [2.75, 3.05) is 26.2 Å². The van der Waals surface area contributed by atoms with Crippen molar-refractivity contribution >= 4 is 16.9 Å². The zero-order valence-electron chi connectivity index (χ0n) is 11.9. The van der Waals surface area contributed by atoms with Gasteiger partial charge in [0.25, 0.3) is 0 Å². The van der Waals surface area contributed by atoms with Crippen molar-refractivity contribution in [3.63, 3.8) is 0 Å². The van der Waals surface area contributed by atoms with Crippen LogP contribution < -0.4 is 5.32 Å². The molecule has 106 valence electrons. The summed E-state index contributed by atoms with van der Waals surface area (Å²) in [6.45, 7) is 7.57. The maximum Gasteiger partial charge on any atom is 0.246 e. The van der Waals surface area contributed by atoms with Gasteiger partial charge in [-0.05, 0) is 37.1 Å². The number of benzene rings is 1. The summed E-state index contributed by atoms with van der Waals surface area (Å²) < 4.78 is 0. The molecule has 1 amide bonds. The molecule has 0 atom stereocenters. The third kappa shape index (κ3) is 2.51. The summed E-state index contributed by atoms with van der Waals surface area (Å²) in [5.74, 6) is 0.0836. The molecule has 1 aromatic carbocycles. The fraction of sp³-hybridized carbons (Fsp3) is 0.500. The Bertz CT molecular complexity index is 603. The molecule has 0 saturated carbocycles. The van der Waals surface area contributed by atoms with Crippen molar-refractivity contribution in [2.45, 2.75) is 20.4 Å². The molecular formula is C14H19N5O. The molecule has 2 heterocycles. The first-order valence-electron chi connectivity index (χ1n) is 6.94. The van der Waals surface area contributed by atoms with Gasteiger partial charge in [0, 0.05) is 26.2 Å². The molecule has 2 aromatic rings. The SMILES string of the molecule is Cc1cc2nn(CC(=O)N3CCNCC3)nc2cc1C. The van der Waals surface area contributed by atoms with Gasteiger partial charge in [-0.3, -0.25) is 4.79 Å². The van der Waals surface area contributed by atoms with Crippen molar-refractivity contribution in [3.8, 4) is 0 Å². The first kappa shape index (κ1) is 13.1. The molecule has 0 unspecified atom stereocenters. The van der Waals surface area contributed by atoms with E-state index in [1.54, 1.807) is 0 Å². The van der Waals surface area contributed by atoms with Gasteiger partial charge in [0.1, 0.15) is 17.6 Å². The molecule has 1 fully saturated rings. The van der Waals surface area contributed by atoms with Gasteiger partial charge in [0.05, 0.1) is 0 Å².